The highest BCUT2D eigenvalue weighted by Gasteiger charge is 2.80. The van der Waals surface area contributed by atoms with E-state index in [0.717, 1.165) is 24.0 Å². The molecule has 3 spiro atoms. The van der Waals surface area contributed by atoms with E-state index < -0.39 is 124 Å². The van der Waals surface area contributed by atoms with Crippen LogP contribution in [0.4, 0.5) is 0 Å². The molecule has 8 aliphatic rings. The topological polar surface area (TPSA) is 251 Å². The first-order valence-electron chi connectivity index (χ1n) is 29.7. The summed E-state index contributed by atoms with van der Waals surface area (Å²) in [5.41, 5.74) is -3.46. The number of nitrogens with zero attached hydrogens (tertiary/aromatic N) is 4. The molecule has 440 valence electrons. The van der Waals surface area contributed by atoms with Gasteiger partial charge in [0, 0.05) is 44.6 Å². The van der Waals surface area contributed by atoms with Gasteiger partial charge in [-0.05, 0) is 123 Å². The molecule has 4 aliphatic carbocycles. The number of rotatable bonds is 12. The van der Waals surface area contributed by atoms with E-state index in [4.69, 9.17) is 14.2 Å². The zero-order valence-electron chi connectivity index (χ0n) is 48.9. The summed E-state index contributed by atoms with van der Waals surface area (Å²) in [5, 5.41) is 21.5. The van der Waals surface area contributed by atoms with E-state index in [1.165, 1.54) is 21.8 Å². The van der Waals surface area contributed by atoms with E-state index >= 15 is 14.4 Å². The molecule has 5 unspecified atom stereocenters. The fraction of sp³-hybridized carbons (Fsp3) is 0.750. The molecule has 0 bridgehead atoms. The smallest absolute Gasteiger partial charge is 0.329 e. The average Bonchev–Trinajstić information content (AvgIpc) is 4.58. The van der Waals surface area contributed by atoms with Gasteiger partial charge in [-0.25, -0.2) is 4.79 Å². The lowest BCUT2D eigenvalue weighted by molar-refractivity contribution is -0.170. The number of likely N-dealkylation sites (tertiary alicyclic amines) is 1. The van der Waals surface area contributed by atoms with Crippen LogP contribution in [-0.4, -0.2) is 165 Å². The van der Waals surface area contributed by atoms with E-state index in [-0.39, 0.29) is 93.5 Å². The molecule has 7 fully saturated rings. The lowest BCUT2D eigenvalue weighted by atomic mass is 9.90. The van der Waals surface area contributed by atoms with Crippen LogP contribution in [0.2, 0.25) is 0 Å². The number of hydrogen-bond donors (Lipinski definition) is 4. The second kappa shape index (κ2) is 22.2. The number of esters is 2. The van der Waals surface area contributed by atoms with Crippen molar-refractivity contribution < 1.29 is 62.5 Å². The lowest BCUT2D eigenvalue weighted by Crippen LogP contribution is -2.59. The SMILES string of the molecule is CCC1[C@H](C)C12NC(=O)C1(CC1NC(=O)[C@@H](CC(C)C)N(C)C(=O)[C@@H]1CCCN1C(=O)C1(C)CC1)C1(CC1)OC(=O)C1Cc3ccc(OC)cc3CN1C(=O)[C@@H]1CCCN1C(=O)[C@H](CC(C)C)NC(=O)[C@H](C(C)C)OC(=O)C[C@@H]2O. The van der Waals surface area contributed by atoms with Gasteiger partial charge in [0.2, 0.25) is 35.4 Å². The van der Waals surface area contributed by atoms with Crippen molar-refractivity contribution in [3.63, 3.8) is 0 Å². The number of carbonyl (C=O) groups is 9. The van der Waals surface area contributed by atoms with Gasteiger partial charge >= 0.3 is 11.9 Å². The van der Waals surface area contributed by atoms with Crippen molar-refractivity contribution in [1.82, 2.24) is 35.6 Å². The van der Waals surface area contributed by atoms with Crippen molar-refractivity contribution in [2.75, 3.05) is 27.2 Å². The molecule has 1 aromatic carbocycles. The van der Waals surface area contributed by atoms with Gasteiger partial charge in [-0.15, -0.1) is 0 Å². The predicted molar refractivity (Wildman–Crippen MR) is 291 cm³/mol. The first kappa shape index (κ1) is 58.9. The number of likely N-dealkylation sites (N-methyl/N-ethyl adjacent to an activating group) is 1. The quantitative estimate of drug-likeness (QED) is 0.217. The molecule has 20 nitrogen and oxygen atoms in total. The number of nitrogens with one attached hydrogen (secondary N) is 3. The molecule has 0 aromatic heterocycles. The van der Waals surface area contributed by atoms with E-state index in [2.05, 4.69) is 16.0 Å². The second-order valence-electron chi connectivity index (χ2n) is 26.2. The van der Waals surface area contributed by atoms with E-state index in [0.29, 0.717) is 38.0 Å². The Morgan fingerprint density at radius 2 is 1.60 bits per heavy atom. The summed E-state index contributed by atoms with van der Waals surface area (Å²) in [6.45, 7) is 17.4. The Morgan fingerprint density at radius 1 is 0.900 bits per heavy atom. The minimum Gasteiger partial charge on any atom is -0.497 e. The lowest BCUT2D eigenvalue weighted by Gasteiger charge is -2.40. The van der Waals surface area contributed by atoms with Crippen molar-refractivity contribution in [2.24, 2.45) is 40.4 Å². The zero-order chi connectivity index (χ0) is 58.1. The monoisotopic (exact) mass is 1110 g/mol. The Hall–Kier alpha value is -5.79. The summed E-state index contributed by atoms with van der Waals surface area (Å²) < 4.78 is 18.2. The number of amides is 7. The molecule has 20 heteroatoms. The fourth-order valence-corrected chi connectivity index (χ4v) is 14.3. The van der Waals surface area contributed by atoms with Gasteiger partial charge < -0.3 is 54.9 Å². The van der Waals surface area contributed by atoms with Crippen LogP contribution >= 0.6 is 0 Å². The van der Waals surface area contributed by atoms with Crippen LogP contribution in [0.5, 0.6) is 5.75 Å². The molecular weight excluding hydrogens is 1030 g/mol. The average molecular weight is 1110 g/mol. The van der Waals surface area contributed by atoms with Crippen LogP contribution in [0.15, 0.2) is 18.2 Å². The van der Waals surface area contributed by atoms with Gasteiger partial charge in [0.05, 0.1) is 25.2 Å². The third kappa shape index (κ3) is 10.7. The van der Waals surface area contributed by atoms with Gasteiger partial charge in [-0.1, -0.05) is 74.8 Å². The molecule has 3 saturated heterocycles. The number of cyclic esters (lactones) is 1. The maximum absolute atomic E-state index is 15.8. The maximum Gasteiger partial charge on any atom is 0.329 e. The van der Waals surface area contributed by atoms with Crippen LogP contribution in [0.25, 0.3) is 0 Å². The Balaban J connectivity index is 1.09. The molecule has 7 amide bonds. The molecule has 12 atom stereocenters. The highest BCUT2D eigenvalue weighted by molar-refractivity contribution is 5.98. The van der Waals surface area contributed by atoms with Crippen molar-refractivity contribution >= 4 is 53.3 Å². The zero-order valence-corrected chi connectivity index (χ0v) is 48.9. The summed E-state index contributed by atoms with van der Waals surface area (Å²) in [4.78, 5) is 139. The Labute approximate surface area is 470 Å². The number of ether oxygens (including phenoxy) is 3. The molecule has 4 N–H and O–H groups in total. The molecule has 4 saturated carbocycles. The van der Waals surface area contributed by atoms with Gasteiger partial charge in [0.1, 0.15) is 47.0 Å². The predicted octanol–water partition coefficient (Wildman–Crippen LogP) is 3.95. The molecular formula is C60H87N7O13. The van der Waals surface area contributed by atoms with Crippen LogP contribution in [0, 0.1) is 40.4 Å². The number of benzene rings is 1. The first-order chi connectivity index (χ1) is 37.8. The second-order valence-corrected chi connectivity index (χ2v) is 26.2. The maximum atomic E-state index is 15.8. The Morgan fingerprint density at radius 3 is 2.21 bits per heavy atom. The van der Waals surface area contributed by atoms with Crippen LogP contribution in [-0.2, 0) is 65.6 Å². The molecule has 4 heterocycles. The Bertz CT molecular complexity index is 2650. The largest absolute Gasteiger partial charge is 0.497 e. The number of fused-ring (bicyclic) bond motifs is 4. The molecule has 4 aliphatic heterocycles. The van der Waals surface area contributed by atoms with Gasteiger partial charge in [0.15, 0.2) is 6.10 Å². The highest BCUT2D eigenvalue weighted by atomic mass is 16.6. The van der Waals surface area contributed by atoms with E-state index in [9.17, 15) is 33.9 Å². The van der Waals surface area contributed by atoms with Crippen molar-refractivity contribution in [3.05, 3.63) is 29.3 Å². The number of carbonyl (C=O) groups excluding carboxylic acids is 9. The van der Waals surface area contributed by atoms with E-state index in [1.807, 2.05) is 60.6 Å². The molecule has 0 radical (unpaired) electrons. The van der Waals surface area contributed by atoms with Crippen molar-refractivity contribution in [1.29, 1.82) is 0 Å². The van der Waals surface area contributed by atoms with Crippen molar-refractivity contribution in [3.8, 4) is 5.75 Å². The number of aliphatic hydroxyl groups excluding tert-OH is 1. The van der Waals surface area contributed by atoms with Gasteiger partial charge in [0.25, 0.3) is 5.91 Å². The summed E-state index contributed by atoms with van der Waals surface area (Å²) in [6.07, 6.45) is 1.41. The molecule has 1 aromatic rings. The summed E-state index contributed by atoms with van der Waals surface area (Å²) in [7, 11) is 3.12. The summed E-state index contributed by atoms with van der Waals surface area (Å²) in [6, 6.07) is -0.531. The molecule has 9 rings (SSSR count). The fourth-order valence-electron chi connectivity index (χ4n) is 14.3. The van der Waals surface area contributed by atoms with Gasteiger partial charge in [-0.3, -0.25) is 38.4 Å². The van der Waals surface area contributed by atoms with E-state index in [1.54, 1.807) is 31.9 Å². The standard InChI is InChI=1S/C60H87N7O13/c1-12-39-35(8)60(39)46(68)29-47(69)79-48(34(6)7)50(71)61-40(25-32(2)3)51(72)65-23-13-16-42(65)53(74)67-31-37-27-38(78-11)18-17-36(37)28-44(67)54(75)80-58(21-22-58)59(55(76)63-60)30-45(59)62-49(70)43(26-33(4)5)64(10)52(73)41-15-14-24-66(41)56(77)57(9)19-20-57/h17-18,27,32-35,39-46,48,68H,12-16,19-26,28-31H2,1-11H3,(H,61,71)(H,62,70)(H,63,76)/t35-,39?,40-,41-,42-,43+,44?,45?,46-,48-,59?,60?/m0/s1. The third-order valence-corrected chi connectivity index (χ3v) is 19.5. The minimum atomic E-state index is -1.61. The van der Waals surface area contributed by atoms with Crippen LogP contribution in [0.1, 0.15) is 157 Å². The van der Waals surface area contributed by atoms with Crippen molar-refractivity contribution in [2.45, 2.75) is 218 Å². The summed E-state index contributed by atoms with van der Waals surface area (Å²) >= 11 is 0. The third-order valence-electron chi connectivity index (χ3n) is 19.5. The molecule has 80 heavy (non-hydrogen) atoms. The first-order valence-corrected chi connectivity index (χ1v) is 29.7. The summed E-state index contributed by atoms with van der Waals surface area (Å²) in [5.74, 6) is -5.69. The van der Waals surface area contributed by atoms with Gasteiger partial charge in [-0.2, -0.15) is 0 Å². The highest BCUT2D eigenvalue weighted by Crippen LogP contribution is 2.67. The number of aliphatic hydroxyl groups is 1. The van der Waals surface area contributed by atoms with Crippen LogP contribution in [0.3, 0.4) is 0 Å². The Kier molecular flexibility index (Phi) is 16.3. The number of methoxy groups -OCH3 is 1. The number of hydrogen-bond acceptors (Lipinski definition) is 13. The van der Waals surface area contributed by atoms with Crippen LogP contribution < -0.4 is 20.7 Å². The normalized spacial score (nSPS) is 33.3. The minimum absolute atomic E-state index is 0.0185.